The Balaban J connectivity index is 1.92. The molecule has 2 aromatic heterocycles. The van der Waals surface area contributed by atoms with Gasteiger partial charge in [0.1, 0.15) is 5.82 Å². The lowest BCUT2D eigenvalue weighted by Crippen LogP contribution is -2.07. The molecule has 0 amide bonds. The van der Waals surface area contributed by atoms with Gasteiger partial charge >= 0.3 is 0 Å². The average molecular weight is 383 g/mol. The Morgan fingerprint density at radius 2 is 2.08 bits per heavy atom. The van der Waals surface area contributed by atoms with Crippen molar-refractivity contribution in [3.8, 4) is 16.9 Å². The van der Waals surface area contributed by atoms with Crippen LogP contribution in [0.15, 0.2) is 47.2 Å². The van der Waals surface area contributed by atoms with Crippen LogP contribution in [-0.2, 0) is 6.42 Å². The van der Waals surface area contributed by atoms with Crippen molar-refractivity contribution in [2.45, 2.75) is 26.2 Å². The molecule has 3 heterocycles. The number of hydrogen-bond donors (Lipinski definition) is 1. The van der Waals surface area contributed by atoms with E-state index < -0.39 is 0 Å². The molecule has 24 heavy (non-hydrogen) atoms. The molecule has 0 saturated heterocycles. The largest absolute Gasteiger partial charge is 0.370 e. The third-order valence-electron chi connectivity index (χ3n) is 4.35. The molecule has 0 bridgehead atoms. The van der Waals surface area contributed by atoms with Crippen LogP contribution in [-0.4, -0.2) is 21.3 Å². The van der Waals surface area contributed by atoms with Gasteiger partial charge in [-0.1, -0.05) is 12.1 Å². The van der Waals surface area contributed by atoms with Crippen molar-refractivity contribution in [2.24, 2.45) is 0 Å². The number of halogens is 1. The summed E-state index contributed by atoms with van der Waals surface area (Å²) in [5.74, 6) is 1.12. The van der Waals surface area contributed by atoms with E-state index in [0.717, 1.165) is 40.2 Å². The van der Waals surface area contributed by atoms with Crippen LogP contribution in [0.1, 0.15) is 24.0 Å². The van der Waals surface area contributed by atoms with E-state index in [1.807, 2.05) is 10.9 Å². The van der Waals surface area contributed by atoms with Crippen LogP contribution < -0.4 is 5.32 Å². The summed E-state index contributed by atoms with van der Waals surface area (Å²) >= 11 is 3.52. The Kier molecular flexibility index (Phi) is 4.10. The van der Waals surface area contributed by atoms with Gasteiger partial charge in [0.05, 0.1) is 11.4 Å². The third kappa shape index (κ3) is 2.84. The van der Waals surface area contributed by atoms with Gasteiger partial charge in [-0.25, -0.2) is 4.68 Å². The van der Waals surface area contributed by atoms with Crippen LogP contribution in [0.5, 0.6) is 0 Å². The predicted octanol–water partition coefficient (Wildman–Crippen LogP) is 4.75. The summed E-state index contributed by atoms with van der Waals surface area (Å²) in [6, 6.07) is 10.5. The number of aryl methyl sites for hydroxylation is 1. The van der Waals surface area contributed by atoms with E-state index in [-0.39, 0.29) is 0 Å². The topological polar surface area (TPSA) is 42.7 Å². The Morgan fingerprint density at radius 1 is 1.17 bits per heavy atom. The molecular weight excluding hydrogens is 364 g/mol. The van der Waals surface area contributed by atoms with Gasteiger partial charge in [-0.15, -0.1) is 0 Å². The van der Waals surface area contributed by atoms with E-state index in [1.54, 1.807) is 6.20 Å². The van der Waals surface area contributed by atoms with Crippen molar-refractivity contribution < 1.29 is 0 Å². The maximum absolute atomic E-state index is 4.95. The quantitative estimate of drug-likeness (QED) is 0.694. The number of nitrogens with zero attached hydrogens (tertiary/aromatic N) is 3. The van der Waals surface area contributed by atoms with E-state index in [9.17, 15) is 0 Å². The summed E-state index contributed by atoms with van der Waals surface area (Å²) < 4.78 is 3.02. The fourth-order valence-corrected chi connectivity index (χ4v) is 3.59. The summed E-state index contributed by atoms with van der Waals surface area (Å²) in [5.41, 5.74) is 5.69. The van der Waals surface area contributed by atoms with Crippen molar-refractivity contribution in [1.29, 1.82) is 0 Å². The number of rotatable bonds is 2. The normalized spacial score (nSPS) is 13.9. The first-order valence-corrected chi connectivity index (χ1v) is 9.05. The standard InChI is InChI=1S/C19H19BrN4/c1-13-5-4-6-16(9-13)24-19-17(7-2-3-8-22-19)18(23-24)14-10-15(20)12-21-11-14/h4-6,9-12,22H,2-3,7-8H2,1H3. The second-order valence-electron chi connectivity index (χ2n) is 6.20. The van der Waals surface area contributed by atoms with E-state index in [4.69, 9.17) is 5.10 Å². The number of anilines is 1. The highest BCUT2D eigenvalue weighted by atomic mass is 79.9. The van der Waals surface area contributed by atoms with Gasteiger partial charge in [0, 0.05) is 34.5 Å². The molecule has 0 atom stereocenters. The van der Waals surface area contributed by atoms with E-state index in [2.05, 4.69) is 63.5 Å². The zero-order valence-electron chi connectivity index (χ0n) is 13.6. The summed E-state index contributed by atoms with van der Waals surface area (Å²) in [5, 5.41) is 8.53. The fourth-order valence-electron chi connectivity index (χ4n) is 3.22. The Bertz CT molecular complexity index is 815. The molecule has 1 N–H and O–H groups in total. The van der Waals surface area contributed by atoms with Crippen LogP contribution >= 0.6 is 15.9 Å². The third-order valence-corrected chi connectivity index (χ3v) is 4.79. The molecule has 1 aromatic carbocycles. The van der Waals surface area contributed by atoms with Crippen molar-refractivity contribution in [3.05, 3.63) is 58.3 Å². The number of fused-ring (bicyclic) bond motifs is 1. The molecule has 0 fully saturated rings. The molecule has 4 nitrogen and oxygen atoms in total. The maximum Gasteiger partial charge on any atom is 0.133 e. The van der Waals surface area contributed by atoms with Crippen LogP contribution in [0.2, 0.25) is 0 Å². The predicted molar refractivity (Wildman–Crippen MR) is 101 cm³/mol. The van der Waals surface area contributed by atoms with Gasteiger partial charge in [0.15, 0.2) is 0 Å². The first kappa shape index (κ1) is 15.4. The molecule has 0 saturated carbocycles. The lowest BCUT2D eigenvalue weighted by atomic mass is 10.1. The van der Waals surface area contributed by atoms with Gasteiger partial charge in [0.25, 0.3) is 0 Å². The van der Waals surface area contributed by atoms with Gasteiger partial charge in [-0.05, 0) is 65.9 Å². The minimum atomic E-state index is 0.973. The zero-order chi connectivity index (χ0) is 16.5. The van der Waals surface area contributed by atoms with Crippen LogP contribution in [0.3, 0.4) is 0 Å². The Morgan fingerprint density at radius 3 is 2.92 bits per heavy atom. The number of hydrogen-bond acceptors (Lipinski definition) is 3. The summed E-state index contributed by atoms with van der Waals surface area (Å²) in [6.45, 7) is 3.10. The second kappa shape index (κ2) is 6.40. The number of pyridine rings is 1. The number of aromatic nitrogens is 3. The lowest BCUT2D eigenvalue weighted by molar-refractivity contribution is 0.780. The molecule has 0 unspecified atom stereocenters. The summed E-state index contributed by atoms with van der Waals surface area (Å²) in [6.07, 6.45) is 7.08. The van der Waals surface area contributed by atoms with Crippen molar-refractivity contribution in [1.82, 2.24) is 14.8 Å². The molecule has 0 spiro atoms. The van der Waals surface area contributed by atoms with Crippen molar-refractivity contribution in [3.63, 3.8) is 0 Å². The first-order valence-electron chi connectivity index (χ1n) is 8.26. The molecule has 5 heteroatoms. The summed E-state index contributed by atoms with van der Waals surface area (Å²) in [7, 11) is 0. The Hall–Kier alpha value is -2.14. The second-order valence-corrected chi connectivity index (χ2v) is 7.12. The number of nitrogens with one attached hydrogen (secondary N) is 1. The zero-order valence-corrected chi connectivity index (χ0v) is 15.2. The van der Waals surface area contributed by atoms with Gasteiger partial charge in [0.2, 0.25) is 0 Å². The fraction of sp³-hybridized carbons (Fsp3) is 0.263. The molecular formula is C19H19BrN4. The maximum atomic E-state index is 4.95. The first-order chi connectivity index (χ1) is 11.7. The van der Waals surface area contributed by atoms with Crippen LogP contribution in [0, 0.1) is 6.92 Å². The van der Waals surface area contributed by atoms with E-state index >= 15 is 0 Å². The molecule has 3 aromatic rings. The molecule has 0 aliphatic carbocycles. The molecule has 4 rings (SSSR count). The molecule has 122 valence electrons. The monoisotopic (exact) mass is 382 g/mol. The SMILES string of the molecule is Cc1cccc(-n2nc(-c3cncc(Br)c3)c3c2NCCCC3)c1. The highest BCUT2D eigenvalue weighted by Crippen LogP contribution is 2.34. The molecule has 1 aliphatic rings. The number of benzene rings is 1. The van der Waals surface area contributed by atoms with Gasteiger partial charge in [-0.3, -0.25) is 4.98 Å². The highest BCUT2D eigenvalue weighted by Gasteiger charge is 2.22. The molecule has 0 radical (unpaired) electrons. The smallest absolute Gasteiger partial charge is 0.133 e. The van der Waals surface area contributed by atoms with E-state index in [0.29, 0.717) is 0 Å². The van der Waals surface area contributed by atoms with Gasteiger partial charge in [-0.2, -0.15) is 5.10 Å². The molecule has 1 aliphatic heterocycles. The minimum absolute atomic E-state index is 0.973. The van der Waals surface area contributed by atoms with Crippen LogP contribution in [0.4, 0.5) is 5.82 Å². The average Bonchev–Trinajstić information content (AvgIpc) is 2.76. The lowest BCUT2D eigenvalue weighted by Gasteiger charge is -2.09. The van der Waals surface area contributed by atoms with Crippen molar-refractivity contribution in [2.75, 3.05) is 11.9 Å². The van der Waals surface area contributed by atoms with Gasteiger partial charge < -0.3 is 5.32 Å². The highest BCUT2D eigenvalue weighted by molar-refractivity contribution is 9.10. The van der Waals surface area contributed by atoms with Crippen LogP contribution in [0.25, 0.3) is 16.9 Å². The Labute approximate surface area is 150 Å². The minimum Gasteiger partial charge on any atom is -0.370 e. The van der Waals surface area contributed by atoms with Crippen molar-refractivity contribution >= 4 is 21.7 Å². The van der Waals surface area contributed by atoms with E-state index in [1.165, 1.54) is 24.0 Å². The summed E-state index contributed by atoms with van der Waals surface area (Å²) in [4.78, 5) is 4.31.